The SMILES string of the molecule is Cc1cccc(OCC(O)CN2CCc3c(sc(N)c3C#N)C2)c1. The number of nitrogens with two attached hydrogens (primary N) is 1. The molecule has 1 aromatic heterocycles. The van der Waals surface area contributed by atoms with E-state index in [0.717, 1.165) is 41.3 Å². The van der Waals surface area contributed by atoms with Gasteiger partial charge in [0.15, 0.2) is 0 Å². The summed E-state index contributed by atoms with van der Waals surface area (Å²) in [6, 6.07) is 10.0. The zero-order valence-electron chi connectivity index (χ0n) is 13.7. The molecule has 1 aliphatic heterocycles. The number of nitriles is 1. The zero-order chi connectivity index (χ0) is 17.1. The third-order valence-corrected chi connectivity index (χ3v) is 5.22. The number of aliphatic hydroxyl groups excluding tert-OH is 1. The molecule has 126 valence electrons. The lowest BCUT2D eigenvalue weighted by Gasteiger charge is -2.28. The van der Waals surface area contributed by atoms with E-state index in [1.165, 1.54) is 11.3 Å². The molecule has 2 aromatic rings. The molecule has 1 aliphatic rings. The Labute approximate surface area is 145 Å². The van der Waals surface area contributed by atoms with E-state index in [-0.39, 0.29) is 6.61 Å². The summed E-state index contributed by atoms with van der Waals surface area (Å²) in [6.07, 6.45) is 0.247. The number of anilines is 1. The Balaban J connectivity index is 1.54. The lowest BCUT2D eigenvalue weighted by Crippen LogP contribution is -2.38. The molecule has 0 saturated carbocycles. The monoisotopic (exact) mass is 343 g/mol. The minimum Gasteiger partial charge on any atom is -0.491 e. The predicted molar refractivity (Wildman–Crippen MR) is 95.1 cm³/mol. The molecule has 6 heteroatoms. The predicted octanol–water partition coefficient (Wildman–Crippen LogP) is 2.31. The summed E-state index contributed by atoms with van der Waals surface area (Å²) < 4.78 is 5.66. The van der Waals surface area contributed by atoms with Crippen molar-refractivity contribution < 1.29 is 9.84 Å². The van der Waals surface area contributed by atoms with Crippen LogP contribution in [0.4, 0.5) is 5.00 Å². The average Bonchev–Trinajstić information content (AvgIpc) is 2.87. The molecule has 0 amide bonds. The van der Waals surface area contributed by atoms with E-state index in [1.807, 2.05) is 31.2 Å². The first-order valence-electron chi connectivity index (χ1n) is 7.97. The molecule has 0 bridgehead atoms. The third-order valence-electron chi connectivity index (χ3n) is 4.18. The van der Waals surface area contributed by atoms with Gasteiger partial charge in [-0.3, -0.25) is 4.90 Å². The van der Waals surface area contributed by atoms with E-state index in [2.05, 4.69) is 11.0 Å². The van der Waals surface area contributed by atoms with Crippen molar-refractivity contribution in [3.8, 4) is 11.8 Å². The molecular weight excluding hydrogens is 322 g/mol. The van der Waals surface area contributed by atoms with Gasteiger partial charge in [-0.25, -0.2) is 0 Å². The maximum absolute atomic E-state index is 10.2. The standard InChI is InChI=1S/C18H21N3O2S/c1-12-3-2-4-14(7-12)23-11-13(22)9-21-6-5-15-16(8-19)18(20)24-17(15)10-21/h2-4,7,13,22H,5-6,9-11,20H2,1H3. The van der Waals surface area contributed by atoms with Crippen molar-refractivity contribution in [2.45, 2.75) is 26.0 Å². The van der Waals surface area contributed by atoms with Crippen LogP contribution < -0.4 is 10.5 Å². The highest BCUT2D eigenvalue weighted by atomic mass is 32.1. The van der Waals surface area contributed by atoms with Gasteiger partial charge in [-0.2, -0.15) is 5.26 Å². The number of rotatable bonds is 5. The normalized spacial score (nSPS) is 15.5. The number of β-amino-alcohol motifs (C(OH)–C–C–N with tert-alkyl or cyclic N) is 1. The van der Waals surface area contributed by atoms with Crippen LogP contribution in [0.3, 0.4) is 0 Å². The van der Waals surface area contributed by atoms with Gasteiger partial charge in [0.2, 0.25) is 0 Å². The lowest BCUT2D eigenvalue weighted by atomic mass is 10.0. The Bertz CT molecular complexity index is 766. The van der Waals surface area contributed by atoms with Crippen molar-refractivity contribution >= 4 is 16.3 Å². The number of fused-ring (bicyclic) bond motifs is 1. The van der Waals surface area contributed by atoms with E-state index < -0.39 is 6.10 Å². The van der Waals surface area contributed by atoms with Gasteiger partial charge in [-0.1, -0.05) is 12.1 Å². The molecule has 24 heavy (non-hydrogen) atoms. The lowest BCUT2D eigenvalue weighted by molar-refractivity contribution is 0.0642. The van der Waals surface area contributed by atoms with E-state index in [1.54, 1.807) is 0 Å². The Morgan fingerprint density at radius 2 is 2.33 bits per heavy atom. The molecule has 0 spiro atoms. The van der Waals surface area contributed by atoms with Crippen molar-refractivity contribution in [3.05, 3.63) is 45.8 Å². The maximum atomic E-state index is 10.2. The van der Waals surface area contributed by atoms with E-state index >= 15 is 0 Å². The van der Waals surface area contributed by atoms with Crippen molar-refractivity contribution in [3.63, 3.8) is 0 Å². The van der Waals surface area contributed by atoms with Crippen LogP contribution in [0.5, 0.6) is 5.75 Å². The fraction of sp³-hybridized carbons (Fsp3) is 0.389. The quantitative estimate of drug-likeness (QED) is 0.870. The molecule has 5 nitrogen and oxygen atoms in total. The molecule has 0 saturated heterocycles. The molecule has 0 radical (unpaired) electrons. The number of ether oxygens (including phenoxy) is 1. The van der Waals surface area contributed by atoms with Crippen LogP contribution in [0, 0.1) is 18.3 Å². The van der Waals surface area contributed by atoms with Crippen LogP contribution >= 0.6 is 11.3 Å². The van der Waals surface area contributed by atoms with Crippen LogP contribution in [-0.2, 0) is 13.0 Å². The van der Waals surface area contributed by atoms with E-state index in [0.29, 0.717) is 17.1 Å². The average molecular weight is 343 g/mol. The molecule has 3 rings (SSSR count). The van der Waals surface area contributed by atoms with Gasteiger partial charge >= 0.3 is 0 Å². The zero-order valence-corrected chi connectivity index (χ0v) is 14.5. The Morgan fingerprint density at radius 1 is 1.50 bits per heavy atom. The number of aryl methyl sites for hydroxylation is 1. The highest BCUT2D eigenvalue weighted by Gasteiger charge is 2.24. The van der Waals surface area contributed by atoms with Gasteiger partial charge in [0.1, 0.15) is 29.5 Å². The first-order chi connectivity index (χ1) is 11.6. The molecule has 3 N–H and O–H groups in total. The van der Waals surface area contributed by atoms with Crippen LogP contribution in [-0.4, -0.2) is 35.8 Å². The first-order valence-corrected chi connectivity index (χ1v) is 8.78. The molecule has 0 fully saturated rings. The summed E-state index contributed by atoms with van der Waals surface area (Å²) >= 11 is 1.48. The number of benzene rings is 1. The van der Waals surface area contributed by atoms with Crippen molar-refractivity contribution in [1.82, 2.24) is 4.90 Å². The topological polar surface area (TPSA) is 82.5 Å². The third kappa shape index (κ3) is 3.70. The number of hydrogen-bond donors (Lipinski definition) is 2. The van der Waals surface area contributed by atoms with Crippen molar-refractivity contribution in [1.29, 1.82) is 5.26 Å². The molecule has 1 aromatic carbocycles. The Hall–Kier alpha value is -2.07. The van der Waals surface area contributed by atoms with E-state index in [9.17, 15) is 10.4 Å². The Morgan fingerprint density at radius 3 is 3.08 bits per heavy atom. The summed E-state index contributed by atoms with van der Waals surface area (Å²) in [5.41, 5.74) is 8.77. The van der Waals surface area contributed by atoms with Gasteiger partial charge in [-0.05, 0) is 36.6 Å². The van der Waals surface area contributed by atoms with Crippen LogP contribution in [0.1, 0.15) is 21.6 Å². The number of aliphatic hydroxyl groups is 1. The summed E-state index contributed by atoms with van der Waals surface area (Å²) in [5.74, 6) is 0.777. The fourth-order valence-electron chi connectivity index (χ4n) is 3.00. The number of hydrogen-bond acceptors (Lipinski definition) is 6. The van der Waals surface area contributed by atoms with Crippen LogP contribution in [0.2, 0.25) is 0 Å². The number of thiophene rings is 1. The first kappa shape index (κ1) is 16.8. The molecule has 0 aliphatic carbocycles. The van der Waals surface area contributed by atoms with Crippen molar-refractivity contribution in [2.24, 2.45) is 0 Å². The molecule has 1 unspecified atom stereocenters. The summed E-state index contributed by atoms with van der Waals surface area (Å²) in [5, 5.41) is 20.0. The van der Waals surface area contributed by atoms with Gasteiger partial charge in [0, 0.05) is 24.5 Å². The summed E-state index contributed by atoms with van der Waals surface area (Å²) in [7, 11) is 0. The van der Waals surface area contributed by atoms with Gasteiger partial charge in [0.25, 0.3) is 0 Å². The van der Waals surface area contributed by atoms with Crippen LogP contribution in [0.25, 0.3) is 0 Å². The van der Waals surface area contributed by atoms with Crippen molar-refractivity contribution in [2.75, 3.05) is 25.4 Å². The van der Waals surface area contributed by atoms with E-state index in [4.69, 9.17) is 10.5 Å². The summed E-state index contributed by atoms with van der Waals surface area (Å²) in [6.45, 7) is 4.37. The second kappa shape index (κ2) is 7.22. The highest BCUT2D eigenvalue weighted by Crippen LogP contribution is 2.34. The molecule has 1 atom stereocenters. The minimum atomic E-state index is -0.556. The van der Waals surface area contributed by atoms with Crippen LogP contribution in [0.15, 0.2) is 24.3 Å². The largest absolute Gasteiger partial charge is 0.491 e. The second-order valence-corrected chi connectivity index (χ2v) is 7.26. The number of nitrogens with zero attached hydrogens (tertiary/aromatic N) is 2. The Kier molecular flexibility index (Phi) is 5.05. The maximum Gasteiger partial charge on any atom is 0.119 e. The molecule has 2 heterocycles. The fourth-order valence-corrected chi connectivity index (χ4v) is 4.12. The van der Waals surface area contributed by atoms with Gasteiger partial charge < -0.3 is 15.6 Å². The minimum absolute atomic E-state index is 0.267. The highest BCUT2D eigenvalue weighted by molar-refractivity contribution is 7.16. The van der Waals surface area contributed by atoms with Gasteiger partial charge in [0.05, 0.1) is 5.56 Å². The second-order valence-electron chi connectivity index (χ2n) is 6.12. The van der Waals surface area contributed by atoms with Gasteiger partial charge in [-0.15, -0.1) is 11.3 Å². The number of nitrogen functional groups attached to an aromatic ring is 1. The summed E-state index contributed by atoms with van der Waals surface area (Å²) in [4.78, 5) is 3.33. The molecular formula is C18H21N3O2S. The smallest absolute Gasteiger partial charge is 0.119 e.